The summed E-state index contributed by atoms with van der Waals surface area (Å²) in [6.07, 6.45) is 2.62. The van der Waals surface area contributed by atoms with E-state index in [-0.39, 0.29) is 18.3 Å². The van der Waals surface area contributed by atoms with E-state index in [1.165, 1.54) is 6.42 Å². The van der Waals surface area contributed by atoms with E-state index >= 15 is 0 Å². The zero-order valence-corrected chi connectivity index (χ0v) is 14.0. The molecule has 1 fully saturated rings. The Morgan fingerprint density at radius 3 is 2.73 bits per heavy atom. The largest absolute Gasteiger partial charge is 0.493 e. The van der Waals surface area contributed by atoms with Gasteiger partial charge in [0.05, 0.1) is 20.6 Å². The first-order chi connectivity index (χ1) is 10.2. The maximum Gasteiger partial charge on any atom is 0.224 e. The summed E-state index contributed by atoms with van der Waals surface area (Å²) in [5.41, 5.74) is 0.924. The molecule has 2 N–H and O–H groups in total. The Morgan fingerprint density at radius 1 is 1.32 bits per heavy atom. The lowest BCUT2D eigenvalue weighted by Gasteiger charge is -2.11. The van der Waals surface area contributed by atoms with E-state index in [1.54, 1.807) is 14.2 Å². The highest BCUT2D eigenvalue weighted by Gasteiger charge is 2.14. The van der Waals surface area contributed by atoms with E-state index in [4.69, 9.17) is 9.47 Å². The SMILES string of the molecule is COc1ccc(CC(=O)NCCC2CCNC2)cc1OC.Cl. The molecule has 22 heavy (non-hydrogen) atoms. The molecule has 1 unspecified atom stereocenters. The Labute approximate surface area is 138 Å². The van der Waals surface area contributed by atoms with Gasteiger partial charge in [-0.1, -0.05) is 6.07 Å². The predicted molar refractivity (Wildman–Crippen MR) is 89.1 cm³/mol. The van der Waals surface area contributed by atoms with Gasteiger partial charge in [-0.05, 0) is 49.5 Å². The highest BCUT2D eigenvalue weighted by molar-refractivity contribution is 5.85. The summed E-state index contributed by atoms with van der Waals surface area (Å²) in [7, 11) is 3.19. The molecule has 0 saturated carbocycles. The number of hydrogen-bond donors (Lipinski definition) is 2. The molecular formula is C16H25ClN2O3. The molecule has 2 rings (SSSR count). The number of nitrogens with one attached hydrogen (secondary N) is 2. The molecule has 1 saturated heterocycles. The topological polar surface area (TPSA) is 59.6 Å². The van der Waals surface area contributed by atoms with Crippen LogP contribution in [0.4, 0.5) is 0 Å². The Balaban J connectivity index is 0.00000242. The molecule has 1 aromatic carbocycles. The van der Waals surface area contributed by atoms with Crippen molar-refractivity contribution in [1.29, 1.82) is 0 Å². The number of hydrogen-bond acceptors (Lipinski definition) is 4. The zero-order chi connectivity index (χ0) is 15.1. The van der Waals surface area contributed by atoms with Gasteiger partial charge in [-0.2, -0.15) is 0 Å². The van der Waals surface area contributed by atoms with Gasteiger partial charge in [-0.3, -0.25) is 4.79 Å². The van der Waals surface area contributed by atoms with E-state index < -0.39 is 0 Å². The molecule has 1 aliphatic heterocycles. The van der Waals surface area contributed by atoms with E-state index in [2.05, 4.69) is 10.6 Å². The van der Waals surface area contributed by atoms with Crippen molar-refractivity contribution in [3.8, 4) is 11.5 Å². The van der Waals surface area contributed by atoms with E-state index in [1.807, 2.05) is 18.2 Å². The van der Waals surface area contributed by atoms with E-state index in [0.29, 0.717) is 23.8 Å². The number of carbonyl (C=O) groups is 1. The van der Waals surface area contributed by atoms with E-state index in [9.17, 15) is 4.79 Å². The minimum absolute atomic E-state index is 0. The smallest absolute Gasteiger partial charge is 0.224 e. The molecule has 1 atom stereocenters. The molecule has 0 aliphatic carbocycles. The second-order valence-corrected chi connectivity index (χ2v) is 5.36. The van der Waals surface area contributed by atoms with Gasteiger partial charge in [0.1, 0.15) is 0 Å². The number of rotatable bonds is 7. The van der Waals surface area contributed by atoms with Crippen LogP contribution in [0.2, 0.25) is 0 Å². The number of ether oxygens (including phenoxy) is 2. The van der Waals surface area contributed by atoms with Gasteiger partial charge in [-0.25, -0.2) is 0 Å². The third kappa shape index (κ3) is 5.39. The van der Waals surface area contributed by atoms with Crippen LogP contribution in [0.15, 0.2) is 18.2 Å². The Kier molecular flexibility index (Phi) is 8.06. The van der Waals surface area contributed by atoms with Crippen LogP contribution in [0.1, 0.15) is 18.4 Å². The van der Waals surface area contributed by atoms with Crippen molar-refractivity contribution >= 4 is 18.3 Å². The van der Waals surface area contributed by atoms with Crippen molar-refractivity contribution in [3.63, 3.8) is 0 Å². The highest BCUT2D eigenvalue weighted by atomic mass is 35.5. The first-order valence-electron chi connectivity index (χ1n) is 7.41. The average Bonchev–Trinajstić information content (AvgIpc) is 3.00. The molecule has 0 spiro atoms. The molecule has 1 amide bonds. The van der Waals surface area contributed by atoms with Crippen molar-refractivity contribution in [1.82, 2.24) is 10.6 Å². The standard InChI is InChI=1S/C16H24N2O3.ClH/c1-20-14-4-3-13(9-15(14)21-2)10-16(19)18-8-6-12-5-7-17-11-12;/h3-4,9,12,17H,5-8,10-11H2,1-2H3,(H,18,19);1H. The summed E-state index contributed by atoms with van der Waals surface area (Å²) >= 11 is 0. The minimum atomic E-state index is 0. The van der Waals surface area contributed by atoms with Crippen molar-refractivity contribution < 1.29 is 14.3 Å². The molecule has 1 aliphatic rings. The number of methoxy groups -OCH3 is 2. The number of halogens is 1. The van der Waals surface area contributed by atoms with Crippen LogP contribution in [0.5, 0.6) is 11.5 Å². The monoisotopic (exact) mass is 328 g/mol. The Bertz CT molecular complexity index is 476. The lowest BCUT2D eigenvalue weighted by Crippen LogP contribution is -2.27. The second kappa shape index (κ2) is 9.54. The van der Waals surface area contributed by atoms with Crippen LogP contribution < -0.4 is 20.1 Å². The first-order valence-corrected chi connectivity index (χ1v) is 7.41. The predicted octanol–water partition coefficient (Wildman–Crippen LogP) is 1.78. The fraction of sp³-hybridized carbons (Fsp3) is 0.562. The van der Waals surface area contributed by atoms with Gasteiger partial charge in [0, 0.05) is 6.54 Å². The lowest BCUT2D eigenvalue weighted by molar-refractivity contribution is -0.120. The van der Waals surface area contributed by atoms with Crippen molar-refractivity contribution in [3.05, 3.63) is 23.8 Å². The summed E-state index contributed by atoms with van der Waals surface area (Å²) in [5.74, 6) is 2.08. The highest BCUT2D eigenvalue weighted by Crippen LogP contribution is 2.27. The summed E-state index contributed by atoms with van der Waals surface area (Å²) in [6, 6.07) is 5.56. The van der Waals surface area contributed by atoms with Crippen LogP contribution in [-0.2, 0) is 11.2 Å². The molecule has 0 aromatic heterocycles. The summed E-state index contributed by atoms with van der Waals surface area (Å²) in [6.45, 7) is 2.92. The van der Waals surface area contributed by atoms with Gasteiger partial charge < -0.3 is 20.1 Å². The third-order valence-corrected chi connectivity index (χ3v) is 3.85. The third-order valence-electron chi connectivity index (χ3n) is 3.85. The van der Waals surface area contributed by atoms with Crippen LogP contribution in [0.25, 0.3) is 0 Å². The molecule has 1 aromatic rings. The summed E-state index contributed by atoms with van der Waals surface area (Å²) in [5, 5.41) is 6.32. The lowest BCUT2D eigenvalue weighted by atomic mass is 10.1. The van der Waals surface area contributed by atoms with Gasteiger partial charge in [-0.15, -0.1) is 12.4 Å². The summed E-state index contributed by atoms with van der Waals surface area (Å²) in [4.78, 5) is 11.9. The zero-order valence-electron chi connectivity index (χ0n) is 13.2. The maximum absolute atomic E-state index is 11.9. The maximum atomic E-state index is 11.9. The normalized spacial score (nSPS) is 16.7. The van der Waals surface area contributed by atoms with Crippen molar-refractivity contribution in [2.24, 2.45) is 5.92 Å². The van der Waals surface area contributed by atoms with Crippen molar-refractivity contribution in [2.45, 2.75) is 19.3 Å². The number of carbonyl (C=O) groups excluding carboxylic acids is 1. The van der Waals surface area contributed by atoms with Crippen LogP contribution in [0, 0.1) is 5.92 Å². The average molecular weight is 329 g/mol. The fourth-order valence-corrected chi connectivity index (χ4v) is 2.62. The number of amides is 1. The molecule has 0 bridgehead atoms. The molecule has 124 valence electrons. The van der Waals surface area contributed by atoms with Crippen molar-refractivity contribution in [2.75, 3.05) is 33.9 Å². The van der Waals surface area contributed by atoms with Crippen LogP contribution in [-0.4, -0.2) is 39.8 Å². The van der Waals surface area contributed by atoms with Crippen LogP contribution >= 0.6 is 12.4 Å². The molecular weight excluding hydrogens is 304 g/mol. The quantitative estimate of drug-likeness (QED) is 0.801. The Hall–Kier alpha value is -1.46. The summed E-state index contributed by atoms with van der Waals surface area (Å²) < 4.78 is 10.4. The molecule has 1 heterocycles. The molecule has 0 radical (unpaired) electrons. The second-order valence-electron chi connectivity index (χ2n) is 5.36. The fourth-order valence-electron chi connectivity index (χ4n) is 2.62. The first kappa shape index (κ1) is 18.6. The van der Waals surface area contributed by atoms with Gasteiger partial charge in [0.25, 0.3) is 0 Å². The molecule has 5 nitrogen and oxygen atoms in total. The Morgan fingerprint density at radius 2 is 2.09 bits per heavy atom. The minimum Gasteiger partial charge on any atom is -0.493 e. The van der Waals surface area contributed by atoms with Crippen LogP contribution in [0.3, 0.4) is 0 Å². The van der Waals surface area contributed by atoms with Gasteiger partial charge in [0.2, 0.25) is 5.91 Å². The van der Waals surface area contributed by atoms with Gasteiger partial charge in [0.15, 0.2) is 11.5 Å². The molecule has 6 heteroatoms. The van der Waals surface area contributed by atoms with E-state index in [0.717, 1.165) is 31.6 Å². The number of benzene rings is 1. The van der Waals surface area contributed by atoms with Gasteiger partial charge >= 0.3 is 0 Å².